The average molecular weight is 393 g/mol. The number of hydrogen-bond acceptors (Lipinski definition) is 4. The number of amides is 1. The van der Waals surface area contributed by atoms with Crippen LogP contribution in [-0.2, 0) is 16.1 Å². The Kier molecular flexibility index (Phi) is 7.10. The lowest BCUT2D eigenvalue weighted by molar-refractivity contribution is -0.126. The number of hydrogen-bond donors (Lipinski definition) is 1. The zero-order chi connectivity index (χ0) is 19.2. The molecule has 2 aromatic heterocycles. The molecule has 0 spiro atoms. The van der Waals surface area contributed by atoms with Gasteiger partial charge in [0.05, 0.1) is 16.8 Å². The summed E-state index contributed by atoms with van der Waals surface area (Å²) in [6.07, 6.45) is 6.80. The maximum Gasteiger partial charge on any atom is 0.223 e. The van der Waals surface area contributed by atoms with E-state index in [1.807, 2.05) is 42.8 Å². The molecule has 148 valence electrons. The van der Waals surface area contributed by atoms with Crippen molar-refractivity contribution in [2.45, 2.75) is 45.8 Å². The van der Waals surface area contributed by atoms with Crippen molar-refractivity contribution in [2.75, 3.05) is 26.2 Å². The van der Waals surface area contributed by atoms with Crippen LogP contribution in [0.5, 0.6) is 0 Å². The Bertz CT molecular complexity index is 754. The minimum atomic E-state index is 0.118. The topological polar surface area (TPSA) is 58.9 Å². The van der Waals surface area contributed by atoms with Crippen LogP contribution in [0.3, 0.4) is 0 Å². The lowest BCUT2D eigenvalue weighted by atomic mass is 9.96. The van der Waals surface area contributed by atoms with Gasteiger partial charge in [-0.05, 0) is 58.3 Å². The van der Waals surface area contributed by atoms with Crippen LogP contribution in [0, 0.1) is 5.92 Å². The van der Waals surface area contributed by atoms with Crippen LogP contribution in [0.2, 0.25) is 5.02 Å². The first kappa shape index (κ1) is 20.1. The second-order valence-electron chi connectivity index (χ2n) is 7.46. The van der Waals surface area contributed by atoms with Gasteiger partial charge < -0.3 is 14.5 Å². The van der Waals surface area contributed by atoms with Crippen molar-refractivity contribution in [1.29, 1.82) is 0 Å². The van der Waals surface area contributed by atoms with Gasteiger partial charge in [0.1, 0.15) is 5.65 Å². The Morgan fingerprint density at radius 2 is 2.11 bits per heavy atom. The standard InChI is InChI=1S/C20H29ClN4O2/c1-15(2)27-11-3-8-22-20(26)16-6-9-24(10-7-16)13-18-14-25-12-17(21)4-5-19(25)23-18/h4-5,12,14-16H,3,6-11,13H2,1-2H3,(H,22,26). The van der Waals surface area contributed by atoms with Crippen LogP contribution in [0.1, 0.15) is 38.8 Å². The summed E-state index contributed by atoms with van der Waals surface area (Å²) < 4.78 is 7.45. The molecule has 1 N–H and O–H groups in total. The Labute approximate surface area is 165 Å². The summed E-state index contributed by atoms with van der Waals surface area (Å²) >= 11 is 6.03. The SMILES string of the molecule is CC(C)OCCCNC(=O)C1CCN(Cc2cn3cc(Cl)ccc3n2)CC1. The van der Waals surface area contributed by atoms with Crippen LogP contribution in [-0.4, -0.2) is 52.5 Å². The number of carbonyl (C=O) groups is 1. The number of rotatable bonds is 8. The highest BCUT2D eigenvalue weighted by Gasteiger charge is 2.25. The van der Waals surface area contributed by atoms with E-state index in [9.17, 15) is 4.79 Å². The van der Waals surface area contributed by atoms with Crippen molar-refractivity contribution >= 4 is 23.2 Å². The average Bonchev–Trinajstić information content (AvgIpc) is 3.03. The number of carbonyl (C=O) groups excluding carboxylic acids is 1. The molecule has 1 aliphatic heterocycles. The molecule has 0 aromatic carbocycles. The van der Waals surface area contributed by atoms with Crippen molar-refractivity contribution in [1.82, 2.24) is 19.6 Å². The molecular weight excluding hydrogens is 364 g/mol. The smallest absolute Gasteiger partial charge is 0.223 e. The summed E-state index contributed by atoms with van der Waals surface area (Å²) in [6.45, 7) is 8.07. The van der Waals surface area contributed by atoms with Crippen LogP contribution in [0.25, 0.3) is 5.65 Å². The summed E-state index contributed by atoms with van der Waals surface area (Å²) in [6, 6.07) is 3.78. The normalized spacial score (nSPS) is 16.3. The van der Waals surface area contributed by atoms with E-state index in [-0.39, 0.29) is 17.9 Å². The molecule has 1 amide bonds. The Hall–Kier alpha value is -1.63. The molecule has 0 bridgehead atoms. The van der Waals surface area contributed by atoms with E-state index in [0.717, 1.165) is 50.2 Å². The van der Waals surface area contributed by atoms with Crippen molar-refractivity contribution < 1.29 is 9.53 Å². The van der Waals surface area contributed by atoms with Crippen molar-refractivity contribution in [2.24, 2.45) is 5.92 Å². The molecule has 7 heteroatoms. The van der Waals surface area contributed by atoms with E-state index in [1.54, 1.807) is 0 Å². The van der Waals surface area contributed by atoms with Crippen LogP contribution < -0.4 is 5.32 Å². The second-order valence-corrected chi connectivity index (χ2v) is 7.90. The van der Waals surface area contributed by atoms with Crippen molar-refractivity contribution in [3.63, 3.8) is 0 Å². The van der Waals surface area contributed by atoms with Gasteiger partial charge in [-0.25, -0.2) is 4.98 Å². The predicted molar refractivity (Wildman–Crippen MR) is 107 cm³/mol. The number of aromatic nitrogens is 2. The maximum absolute atomic E-state index is 12.3. The van der Waals surface area contributed by atoms with Crippen LogP contribution in [0.4, 0.5) is 0 Å². The van der Waals surface area contributed by atoms with Crippen LogP contribution >= 0.6 is 11.6 Å². The Morgan fingerprint density at radius 3 is 2.85 bits per heavy atom. The molecule has 0 aliphatic carbocycles. The molecule has 1 fully saturated rings. The first-order valence-electron chi connectivity index (χ1n) is 9.76. The number of imidazole rings is 1. The first-order valence-corrected chi connectivity index (χ1v) is 10.1. The number of ether oxygens (including phenoxy) is 1. The molecule has 0 unspecified atom stereocenters. The fourth-order valence-corrected chi connectivity index (χ4v) is 3.59. The van der Waals surface area contributed by atoms with Crippen molar-refractivity contribution in [3.8, 4) is 0 Å². The quantitative estimate of drug-likeness (QED) is 0.701. The summed E-state index contributed by atoms with van der Waals surface area (Å²) in [7, 11) is 0. The van der Waals surface area contributed by atoms with E-state index in [1.165, 1.54) is 0 Å². The lowest BCUT2D eigenvalue weighted by Crippen LogP contribution is -2.40. The maximum atomic E-state index is 12.3. The van der Waals surface area contributed by atoms with E-state index >= 15 is 0 Å². The molecule has 3 rings (SSSR count). The molecule has 3 heterocycles. The third-order valence-electron chi connectivity index (χ3n) is 4.88. The lowest BCUT2D eigenvalue weighted by Gasteiger charge is -2.30. The Balaban J connectivity index is 1.39. The highest BCUT2D eigenvalue weighted by atomic mass is 35.5. The molecule has 0 radical (unpaired) electrons. The highest BCUT2D eigenvalue weighted by molar-refractivity contribution is 6.30. The van der Waals surface area contributed by atoms with Gasteiger partial charge in [0.15, 0.2) is 0 Å². The largest absolute Gasteiger partial charge is 0.379 e. The number of nitrogens with one attached hydrogen (secondary N) is 1. The number of halogens is 1. The molecule has 0 saturated carbocycles. The molecule has 0 atom stereocenters. The zero-order valence-corrected chi connectivity index (χ0v) is 16.9. The first-order chi connectivity index (χ1) is 13.0. The van der Waals surface area contributed by atoms with Gasteiger partial charge in [-0.1, -0.05) is 11.6 Å². The second kappa shape index (κ2) is 9.53. The summed E-state index contributed by atoms with van der Waals surface area (Å²) in [4.78, 5) is 19.3. The fraction of sp³-hybridized carbons (Fsp3) is 0.600. The predicted octanol–water partition coefficient (Wildman–Crippen LogP) is 3.13. The molecular formula is C20H29ClN4O2. The number of likely N-dealkylation sites (tertiary alicyclic amines) is 1. The third-order valence-corrected chi connectivity index (χ3v) is 5.10. The fourth-order valence-electron chi connectivity index (χ4n) is 3.42. The molecule has 2 aromatic rings. The van der Waals surface area contributed by atoms with E-state index in [2.05, 4.69) is 15.2 Å². The molecule has 1 saturated heterocycles. The van der Waals surface area contributed by atoms with Crippen molar-refractivity contribution in [3.05, 3.63) is 35.2 Å². The highest BCUT2D eigenvalue weighted by Crippen LogP contribution is 2.20. The molecule has 1 aliphatic rings. The minimum Gasteiger partial charge on any atom is -0.379 e. The summed E-state index contributed by atoms with van der Waals surface area (Å²) in [5, 5.41) is 3.75. The summed E-state index contributed by atoms with van der Waals surface area (Å²) in [5.41, 5.74) is 1.94. The minimum absolute atomic E-state index is 0.118. The number of nitrogens with zero attached hydrogens (tertiary/aromatic N) is 3. The van der Waals surface area contributed by atoms with Crippen LogP contribution in [0.15, 0.2) is 24.5 Å². The summed E-state index contributed by atoms with van der Waals surface area (Å²) in [5.74, 6) is 0.300. The molecule has 6 nitrogen and oxygen atoms in total. The van der Waals surface area contributed by atoms with Gasteiger partial charge in [-0.15, -0.1) is 0 Å². The van der Waals surface area contributed by atoms with Gasteiger partial charge in [0, 0.05) is 38.0 Å². The van der Waals surface area contributed by atoms with E-state index in [4.69, 9.17) is 16.3 Å². The van der Waals surface area contributed by atoms with Gasteiger partial charge in [-0.3, -0.25) is 9.69 Å². The number of fused-ring (bicyclic) bond motifs is 1. The Morgan fingerprint density at radius 1 is 1.33 bits per heavy atom. The number of piperidine rings is 1. The van der Waals surface area contributed by atoms with Gasteiger partial charge in [-0.2, -0.15) is 0 Å². The monoisotopic (exact) mass is 392 g/mol. The zero-order valence-electron chi connectivity index (χ0n) is 16.2. The van der Waals surface area contributed by atoms with Gasteiger partial charge >= 0.3 is 0 Å². The van der Waals surface area contributed by atoms with E-state index < -0.39 is 0 Å². The van der Waals surface area contributed by atoms with Gasteiger partial charge in [0.25, 0.3) is 0 Å². The van der Waals surface area contributed by atoms with Gasteiger partial charge in [0.2, 0.25) is 5.91 Å². The third kappa shape index (κ3) is 5.92. The molecule has 27 heavy (non-hydrogen) atoms. The van der Waals surface area contributed by atoms with E-state index in [0.29, 0.717) is 18.2 Å². The number of pyridine rings is 1.